The Kier molecular flexibility index (Phi) is 3.95. The van der Waals surface area contributed by atoms with Gasteiger partial charge in [0, 0.05) is 12.1 Å². The van der Waals surface area contributed by atoms with Crippen molar-refractivity contribution in [2.75, 3.05) is 0 Å². The minimum absolute atomic E-state index is 0.131. The van der Waals surface area contributed by atoms with Crippen molar-refractivity contribution in [1.82, 2.24) is 0 Å². The summed E-state index contributed by atoms with van der Waals surface area (Å²) >= 11 is 0. The molecule has 1 aliphatic carbocycles. The average Bonchev–Trinajstić information content (AvgIpc) is 2.40. The van der Waals surface area contributed by atoms with E-state index in [0.29, 0.717) is 0 Å². The Bertz CT molecular complexity index is 595. The smallest absolute Gasteiger partial charge is 0.258 e. The summed E-state index contributed by atoms with van der Waals surface area (Å²) in [4.78, 5) is 10.3. The third-order valence-electron chi connectivity index (χ3n) is 3.44. The third-order valence-corrected chi connectivity index (χ3v) is 3.44. The van der Waals surface area contributed by atoms with Crippen molar-refractivity contribution < 1.29 is 4.92 Å². The Morgan fingerprint density at radius 3 is 2.68 bits per heavy atom. The van der Waals surface area contributed by atoms with Crippen LogP contribution in [0.1, 0.15) is 32.3 Å². The van der Waals surface area contributed by atoms with Crippen LogP contribution in [0.25, 0.3) is 6.08 Å². The molecule has 0 saturated heterocycles. The first-order valence-electron chi connectivity index (χ1n) is 6.33. The van der Waals surface area contributed by atoms with E-state index < -0.39 is 0 Å². The van der Waals surface area contributed by atoms with Gasteiger partial charge in [-0.2, -0.15) is 0 Å². The van der Waals surface area contributed by atoms with Crippen LogP contribution in [0.4, 0.5) is 5.69 Å². The summed E-state index contributed by atoms with van der Waals surface area (Å²) in [5.74, 6) is 0. The summed E-state index contributed by atoms with van der Waals surface area (Å²) in [7, 11) is 0. The Balaban J connectivity index is 2.12. The molecule has 0 aliphatic heterocycles. The average molecular weight is 255 g/mol. The van der Waals surface area contributed by atoms with Crippen LogP contribution in [0.5, 0.6) is 0 Å². The number of nitro groups is 1. The van der Waals surface area contributed by atoms with Gasteiger partial charge >= 0.3 is 0 Å². The van der Waals surface area contributed by atoms with Crippen molar-refractivity contribution in [1.29, 1.82) is 0 Å². The Labute approximate surface area is 113 Å². The molecule has 0 aromatic heterocycles. The first kappa shape index (κ1) is 13.3. The molecule has 1 aliphatic rings. The van der Waals surface area contributed by atoms with E-state index in [1.807, 2.05) is 12.1 Å². The molecule has 0 heterocycles. The highest BCUT2D eigenvalue weighted by Crippen LogP contribution is 2.25. The van der Waals surface area contributed by atoms with Gasteiger partial charge in [-0.25, -0.2) is 0 Å². The van der Waals surface area contributed by atoms with Crippen molar-refractivity contribution in [2.24, 2.45) is 0 Å². The molecule has 0 spiro atoms. The number of rotatable bonds is 3. The zero-order valence-electron chi connectivity index (χ0n) is 11.2. The quantitative estimate of drug-likeness (QED) is 0.447. The largest absolute Gasteiger partial charge is 0.270 e. The number of hydrogen-bond acceptors (Lipinski definition) is 2. The molecule has 0 N–H and O–H groups in total. The van der Waals surface area contributed by atoms with E-state index in [1.54, 1.807) is 12.1 Å². The lowest BCUT2D eigenvalue weighted by Crippen LogP contribution is -1.93. The topological polar surface area (TPSA) is 43.1 Å². The molecule has 0 unspecified atom stereocenters. The fourth-order valence-corrected chi connectivity index (χ4v) is 2.06. The molecule has 98 valence electrons. The predicted molar refractivity (Wildman–Crippen MR) is 77.8 cm³/mol. The Morgan fingerprint density at radius 2 is 2.00 bits per heavy atom. The van der Waals surface area contributed by atoms with E-state index >= 15 is 0 Å². The molecule has 0 radical (unpaired) electrons. The van der Waals surface area contributed by atoms with Crippen LogP contribution in [-0.4, -0.2) is 4.92 Å². The highest BCUT2D eigenvalue weighted by atomic mass is 16.6. The first-order valence-corrected chi connectivity index (χ1v) is 6.33. The van der Waals surface area contributed by atoms with Gasteiger partial charge in [0.25, 0.3) is 5.69 Å². The van der Waals surface area contributed by atoms with E-state index in [-0.39, 0.29) is 10.6 Å². The van der Waals surface area contributed by atoms with Crippen LogP contribution >= 0.6 is 0 Å². The maximum atomic E-state index is 10.7. The number of nitro benzene ring substituents is 1. The first-order chi connectivity index (χ1) is 9.06. The van der Waals surface area contributed by atoms with Crippen molar-refractivity contribution in [3.8, 4) is 0 Å². The molecule has 3 heteroatoms. The molecule has 1 aromatic rings. The second kappa shape index (κ2) is 5.65. The summed E-state index contributed by atoms with van der Waals surface area (Å²) in [6.45, 7) is 4.32. The van der Waals surface area contributed by atoms with Gasteiger partial charge in [0.1, 0.15) is 0 Å². The number of hydrogen-bond donors (Lipinski definition) is 0. The van der Waals surface area contributed by atoms with Gasteiger partial charge in [-0.3, -0.25) is 10.1 Å². The maximum Gasteiger partial charge on any atom is 0.270 e. The van der Waals surface area contributed by atoms with Crippen LogP contribution in [0, 0.1) is 10.1 Å². The summed E-state index contributed by atoms with van der Waals surface area (Å²) < 4.78 is 0. The highest BCUT2D eigenvalue weighted by molar-refractivity contribution is 5.56. The molecule has 0 atom stereocenters. The van der Waals surface area contributed by atoms with Crippen molar-refractivity contribution in [2.45, 2.75) is 26.7 Å². The lowest BCUT2D eigenvalue weighted by atomic mass is 9.93. The van der Waals surface area contributed by atoms with Crippen molar-refractivity contribution in [3.63, 3.8) is 0 Å². The minimum Gasteiger partial charge on any atom is -0.258 e. The lowest BCUT2D eigenvalue weighted by molar-refractivity contribution is -0.384. The van der Waals surface area contributed by atoms with E-state index in [4.69, 9.17) is 0 Å². The van der Waals surface area contributed by atoms with Crippen LogP contribution in [0.3, 0.4) is 0 Å². The van der Waals surface area contributed by atoms with Gasteiger partial charge in [-0.1, -0.05) is 41.5 Å². The SMILES string of the molecule is CC1=C(C)CC(/C=C/c2cccc([N+](=O)[O-])c2)=CC1. The predicted octanol–water partition coefficient (Wildman–Crippen LogP) is 4.66. The van der Waals surface area contributed by atoms with Gasteiger partial charge in [0.2, 0.25) is 0 Å². The lowest BCUT2D eigenvalue weighted by Gasteiger charge is -2.13. The second-order valence-corrected chi connectivity index (χ2v) is 4.91. The van der Waals surface area contributed by atoms with Gasteiger partial charge < -0.3 is 0 Å². The zero-order valence-corrected chi connectivity index (χ0v) is 11.2. The molecule has 1 aromatic carbocycles. The minimum atomic E-state index is -0.368. The monoisotopic (exact) mass is 255 g/mol. The Morgan fingerprint density at radius 1 is 1.21 bits per heavy atom. The molecule has 0 fully saturated rings. The molecule has 19 heavy (non-hydrogen) atoms. The molecule has 3 nitrogen and oxygen atoms in total. The zero-order chi connectivity index (χ0) is 13.8. The Hall–Kier alpha value is -2.16. The number of allylic oxidation sites excluding steroid dienone is 5. The van der Waals surface area contributed by atoms with Crippen molar-refractivity contribution in [3.05, 3.63) is 68.8 Å². The molecule has 0 saturated carbocycles. The fourth-order valence-electron chi connectivity index (χ4n) is 2.06. The summed E-state index contributed by atoms with van der Waals surface area (Å²) in [6.07, 6.45) is 8.18. The number of benzene rings is 1. The number of nitrogens with zero attached hydrogens (tertiary/aromatic N) is 1. The van der Waals surface area contributed by atoms with Gasteiger partial charge in [0.05, 0.1) is 4.92 Å². The molecule has 0 amide bonds. The fraction of sp³-hybridized carbons (Fsp3) is 0.250. The molecular weight excluding hydrogens is 238 g/mol. The van der Waals surface area contributed by atoms with Crippen LogP contribution in [0.2, 0.25) is 0 Å². The molecular formula is C16H17NO2. The summed E-state index contributed by atoms with van der Waals surface area (Å²) in [5, 5.41) is 10.7. The van der Waals surface area contributed by atoms with Gasteiger partial charge in [0.15, 0.2) is 0 Å². The van der Waals surface area contributed by atoms with Crippen molar-refractivity contribution >= 4 is 11.8 Å². The van der Waals surface area contributed by atoms with E-state index in [1.165, 1.54) is 22.8 Å². The van der Waals surface area contributed by atoms with Crippen LogP contribution in [-0.2, 0) is 0 Å². The summed E-state index contributed by atoms with van der Waals surface area (Å²) in [6, 6.07) is 6.69. The van der Waals surface area contributed by atoms with Gasteiger partial charge in [-0.05, 0) is 37.8 Å². The van der Waals surface area contributed by atoms with Gasteiger partial charge in [-0.15, -0.1) is 0 Å². The van der Waals surface area contributed by atoms with E-state index in [0.717, 1.165) is 18.4 Å². The number of non-ortho nitro benzene ring substituents is 1. The molecule has 2 rings (SSSR count). The van der Waals surface area contributed by atoms with Crippen LogP contribution in [0.15, 0.2) is 53.1 Å². The summed E-state index contributed by atoms with van der Waals surface area (Å²) in [5.41, 5.74) is 5.12. The normalized spacial score (nSPS) is 15.8. The molecule has 0 bridgehead atoms. The highest BCUT2D eigenvalue weighted by Gasteiger charge is 2.06. The van der Waals surface area contributed by atoms with Crippen LogP contribution < -0.4 is 0 Å². The van der Waals surface area contributed by atoms with E-state index in [2.05, 4.69) is 26.0 Å². The maximum absolute atomic E-state index is 10.7. The third kappa shape index (κ3) is 3.41. The van der Waals surface area contributed by atoms with E-state index in [9.17, 15) is 10.1 Å². The standard InChI is InChI=1S/C16H17NO2/c1-12-6-7-15(10-13(12)2)9-8-14-4-3-5-16(11-14)17(18)19/h3-5,7-9,11H,6,10H2,1-2H3/b9-8+. The second-order valence-electron chi connectivity index (χ2n) is 4.91.